The summed E-state index contributed by atoms with van der Waals surface area (Å²) in [5, 5.41) is 0. The van der Waals surface area contributed by atoms with E-state index in [1.165, 1.54) is 19.3 Å². The molecule has 13 heavy (non-hydrogen) atoms. The minimum atomic E-state index is 1.06. The highest BCUT2D eigenvalue weighted by Gasteiger charge is 1.79. The Balaban J connectivity index is 2.38. The van der Waals surface area contributed by atoms with Gasteiger partial charge in [-0.3, -0.25) is 0 Å². The summed E-state index contributed by atoms with van der Waals surface area (Å²) >= 11 is 0. The van der Waals surface area contributed by atoms with Crippen molar-refractivity contribution in [3.63, 3.8) is 0 Å². The Hall–Kier alpha value is -1.04. The van der Waals surface area contributed by atoms with Crippen molar-refractivity contribution < 1.29 is 0 Å². The van der Waals surface area contributed by atoms with Crippen LogP contribution in [0.15, 0.2) is 48.6 Å². The first-order chi connectivity index (χ1) is 6.50. The van der Waals surface area contributed by atoms with Crippen molar-refractivity contribution in [1.29, 1.82) is 0 Å². The number of allylic oxidation sites excluding steroid dienone is 8. The first kappa shape index (κ1) is 10.0. The summed E-state index contributed by atoms with van der Waals surface area (Å²) in [4.78, 5) is 0. The van der Waals surface area contributed by atoms with Crippen LogP contribution in [0.5, 0.6) is 0 Å². The molecular formula is C13H18. The predicted octanol–water partition coefficient (Wildman–Crippen LogP) is 4.18. The molecule has 0 atom stereocenters. The Kier molecular flexibility index (Phi) is 5.87. The number of hydrogen-bond acceptors (Lipinski definition) is 0. The topological polar surface area (TPSA) is 0 Å². The monoisotopic (exact) mass is 174 g/mol. The molecule has 0 spiro atoms. The summed E-state index contributed by atoms with van der Waals surface area (Å²) < 4.78 is 0. The smallest absolute Gasteiger partial charge is 0.0166 e. The van der Waals surface area contributed by atoms with Crippen molar-refractivity contribution in [3.8, 4) is 0 Å². The molecule has 0 saturated heterocycles. The fourth-order valence-electron chi connectivity index (χ4n) is 1.25. The molecule has 0 heteroatoms. The van der Waals surface area contributed by atoms with Gasteiger partial charge in [0.25, 0.3) is 0 Å². The van der Waals surface area contributed by atoms with Crippen molar-refractivity contribution >= 4 is 0 Å². The van der Waals surface area contributed by atoms with Crippen molar-refractivity contribution in [2.45, 2.75) is 32.1 Å². The van der Waals surface area contributed by atoms with Gasteiger partial charge >= 0.3 is 0 Å². The fourth-order valence-corrected chi connectivity index (χ4v) is 1.25. The molecular weight excluding hydrogens is 156 g/mol. The van der Waals surface area contributed by atoms with E-state index < -0.39 is 0 Å². The molecule has 0 unspecified atom stereocenters. The number of rotatable bonds is 0. The Labute approximate surface area is 81.4 Å². The summed E-state index contributed by atoms with van der Waals surface area (Å²) in [6.07, 6.45) is 23.5. The van der Waals surface area contributed by atoms with Gasteiger partial charge in [0.2, 0.25) is 0 Å². The third kappa shape index (κ3) is 6.15. The Morgan fingerprint density at radius 3 is 1.77 bits per heavy atom. The molecule has 1 rings (SSSR count). The van der Waals surface area contributed by atoms with Crippen LogP contribution >= 0.6 is 0 Å². The van der Waals surface area contributed by atoms with Crippen molar-refractivity contribution in [2.75, 3.05) is 0 Å². The summed E-state index contributed by atoms with van der Waals surface area (Å²) in [6.45, 7) is 0. The second-order valence-electron chi connectivity index (χ2n) is 3.19. The van der Waals surface area contributed by atoms with Crippen molar-refractivity contribution in [3.05, 3.63) is 48.6 Å². The highest BCUT2D eigenvalue weighted by molar-refractivity contribution is 5.05. The second-order valence-corrected chi connectivity index (χ2v) is 3.19. The van der Waals surface area contributed by atoms with Gasteiger partial charge in [-0.15, -0.1) is 0 Å². The van der Waals surface area contributed by atoms with Gasteiger partial charge in [0.15, 0.2) is 0 Å². The van der Waals surface area contributed by atoms with E-state index in [9.17, 15) is 0 Å². The molecule has 0 heterocycles. The molecule has 0 aromatic heterocycles. The van der Waals surface area contributed by atoms with E-state index in [0.29, 0.717) is 0 Å². The molecule has 0 aliphatic heterocycles. The van der Waals surface area contributed by atoms with Crippen molar-refractivity contribution in [2.24, 2.45) is 0 Å². The average Bonchev–Trinajstić information content (AvgIpc) is 2.18. The molecule has 0 aromatic rings. The maximum atomic E-state index is 2.28. The Morgan fingerprint density at radius 1 is 0.462 bits per heavy atom. The third-order valence-electron chi connectivity index (χ3n) is 1.99. The van der Waals surface area contributed by atoms with E-state index in [0.717, 1.165) is 12.8 Å². The molecule has 0 bridgehead atoms. The van der Waals surface area contributed by atoms with Gasteiger partial charge in [-0.05, 0) is 32.1 Å². The van der Waals surface area contributed by atoms with Crippen LogP contribution < -0.4 is 0 Å². The summed E-state index contributed by atoms with van der Waals surface area (Å²) in [5.74, 6) is 0. The zero-order valence-corrected chi connectivity index (χ0v) is 8.15. The minimum absolute atomic E-state index is 1.06. The van der Waals surface area contributed by atoms with E-state index in [4.69, 9.17) is 0 Å². The van der Waals surface area contributed by atoms with Gasteiger partial charge in [0.1, 0.15) is 0 Å². The Bertz CT molecular complexity index is 216. The van der Waals surface area contributed by atoms with Gasteiger partial charge in [0.05, 0.1) is 0 Å². The van der Waals surface area contributed by atoms with Crippen LogP contribution in [0, 0.1) is 0 Å². The second kappa shape index (κ2) is 7.60. The summed E-state index contributed by atoms with van der Waals surface area (Å²) in [5.41, 5.74) is 0. The first-order valence-electron chi connectivity index (χ1n) is 5.12. The van der Waals surface area contributed by atoms with E-state index in [1.54, 1.807) is 0 Å². The third-order valence-corrected chi connectivity index (χ3v) is 1.99. The summed E-state index contributed by atoms with van der Waals surface area (Å²) in [7, 11) is 0. The van der Waals surface area contributed by atoms with Gasteiger partial charge in [-0.1, -0.05) is 48.6 Å². The van der Waals surface area contributed by atoms with Crippen LogP contribution in [0.2, 0.25) is 0 Å². The molecule has 0 aromatic carbocycles. The molecule has 70 valence electrons. The van der Waals surface area contributed by atoms with Gasteiger partial charge in [-0.25, -0.2) is 0 Å². The largest absolute Gasteiger partial charge is 0.0882 e. The lowest BCUT2D eigenvalue weighted by Gasteiger charge is -1.87. The molecule has 0 fully saturated rings. The molecule has 0 N–H and O–H groups in total. The lowest BCUT2D eigenvalue weighted by Crippen LogP contribution is -1.66. The lowest BCUT2D eigenvalue weighted by atomic mass is 10.2. The molecule has 0 radical (unpaired) electrons. The maximum Gasteiger partial charge on any atom is -0.0166 e. The van der Waals surface area contributed by atoms with Crippen LogP contribution in [-0.4, -0.2) is 0 Å². The zero-order chi connectivity index (χ0) is 9.19. The molecule has 1 aliphatic rings. The van der Waals surface area contributed by atoms with E-state index in [-0.39, 0.29) is 0 Å². The molecule has 0 saturated carbocycles. The lowest BCUT2D eigenvalue weighted by molar-refractivity contribution is 1.00. The average molecular weight is 174 g/mol. The molecule has 1 aliphatic carbocycles. The molecule has 0 nitrogen and oxygen atoms in total. The van der Waals surface area contributed by atoms with Crippen LogP contribution in [0.25, 0.3) is 0 Å². The summed E-state index contributed by atoms with van der Waals surface area (Å²) in [6, 6.07) is 0. The highest BCUT2D eigenvalue weighted by atomic mass is 13.9. The normalized spacial score (nSPS) is 28.9. The van der Waals surface area contributed by atoms with E-state index in [2.05, 4.69) is 48.6 Å². The van der Waals surface area contributed by atoms with Gasteiger partial charge in [-0.2, -0.15) is 0 Å². The minimum Gasteiger partial charge on any atom is -0.0882 e. The van der Waals surface area contributed by atoms with Crippen LogP contribution in [-0.2, 0) is 0 Å². The van der Waals surface area contributed by atoms with E-state index >= 15 is 0 Å². The van der Waals surface area contributed by atoms with Crippen LogP contribution in [0.3, 0.4) is 0 Å². The SMILES string of the molecule is C1=C\C/C=C\CC/C=C/CC/C=C/1. The van der Waals surface area contributed by atoms with E-state index in [1.807, 2.05) is 0 Å². The first-order valence-corrected chi connectivity index (χ1v) is 5.12. The zero-order valence-electron chi connectivity index (χ0n) is 8.15. The number of hydrogen-bond donors (Lipinski definition) is 0. The maximum absolute atomic E-state index is 2.28. The quantitative estimate of drug-likeness (QED) is 0.483. The van der Waals surface area contributed by atoms with Crippen LogP contribution in [0.4, 0.5) is 0 Å². The standard InChI is InChI=1S/C13H18/c1-2-4-6-8-10-12-13-11-9-7-5-3-1/h1-4,7,9-10,12H,5-6,8,11,13H2/b3-1-,4-2+,9-7-,12-10+. The molecule has 0 amide bonds. The highest BCUT2D eigenvalue weighted by Crippen LogP contribution is 2.00. The fraction of sp³-hybridized carbons (Fsp3) is 0.385. The Morgan fingerprint density at radius 2 is 1.00 bits per heavy atom. The van der Waals surface area contributed by atoms with Crippen molar-refractivity contribution in [1.82, 2.24) is 0 Å². The van der Waals surface area contributed by atoms with Gasteiger partial charge < -0.3 is 0 Å². The predicted molar refractivity (Wildman–Crippen MR) is 59.6 cm³/mol. The van der Waals surface area contributed by atoms with Crippen LogP contribution in [0.1, 0.15) is 32.1 Å². The van der Waals surface area contributed by atoms with Gasteiger partial charge in [0, 0.05) is 0 Å².